The Labute approximate surface area is 209 Å². The zero-order chi connectivity index (χ0) is 25.3. The SMILES string of the molecule is CCCC(=O)OCc1ccc(C(=O)Nc2ccc(C)c(Nc3nccc(-c4cccnc4)n3)c2)cc1. The highest BCUT2D eigenvalue weighted by molar-refractivity contribution is 6.04. The summed E-state index contributed by atoms with van der Waals surface area (Å²) < 4.78 is 5.21. The molecule has 0 aliphatic carbocycles. The van der Waals surface area contributed by atoms with Crippen LogP contribution in [0, 0.1) is 6.92 Å². The minimum absolute atomic E-state index is 0.192. The fourth-order valence-electron chi connectivity index (χ4n) is 3.44. The van der Waals surface area contributed by atoms with Gasteiger partial charge in [0.1, 0.15) is 6.61 Å². The van der Waals surface area contributed by atoms with Gasteiger partial charge in [0, 0.05) is 47.5 Å². The molecule has 0 aliphatic heterocycles. The van der Waals surface area contributed by atoms with E-state index < -0.39 is 0 Å². The van der Waals surface area contributed by atoms with Crippen LogP contribution >= 0.6 is 0 Å². The minimum Gasteiger partial charge on any atom is -0.461 e. The summed E-state index contributed by atoms with van der Waals surface area (Å²) in [6.07, 6.45) is 6.30. The van der Waals surface area contributed by atoms with Crippen molar-refractivity contribution in [2.24, 2.45) is 0 Å². The van der Waals surface area contributed by atoms with Crippen LogP contribution in [0.3, 0.4) is 0 Å². The van der Waals surface area contributed by atoms with Gasteiger partial charge in [-0.05, 0) is 66.9 Å². The van der Waals surface area contributed by atoms with Crippen LogP contribution in [0.1, 0.15) is 41.3 Å². The average molecular weight is 482 g/mol. The van der Waals surface area contributed by atoms with E-state index in [2.05, 4.69) is 25.6 Å². The van der Waals surface area contributed by atoms with Crippen molar-refractivity contribution in [3.8, 4) is 11.3 Å². The molecule has 0 spiro atoms. The van der Waals surface area contributed by atoms with Gasteiger partial charge in [0.15, 0.2) is 0 Å². The number of nitrogens with one attached hydrogen (secondary N) is 2. The zero-order valence-corrected chi connectivity index (χ0v) is 20.2. The summed E-state index contributed by atoms with van der Waals surface area (Å²) in [5, 5.41) is 6.16. The number of aryl methyl sites for hydroxylation is 1. The molecule has 4 rings (SSSR count). The predicted octanol–water partition coefficient (Wildman–Crippen LogP) is 5.69. The van der Waals surface area contributed by atoms with Gasteiger partial charge < -0.3 is 15.4 Å². The van der Waals surface area contributed by atoms with Crippen LogP contribution in [0.15, 0.2) is 79.3 Å². The monoisotopic (exact) mass is 481 g/mol. The van der Waals surface area contributed by atoms with E-state index in [9.17, 15) is 9.59 Å². The molecule has 2 heterocycles. The number of ether oxygens (including phenoxy) is 1. The highest BCUT2D eigenvalue weighted by Crippen LogP contribution is 2.24. The second-order valence-corrected chi connectivity index (χ2v) is 8.22. The Morgan fingerprint density at radius 3 is 2.58 bits per heavy atom. The summed E-state index contributed by atoms with van der Waals surface area (Å²) in [7, 11) is 0. The van der Waals surface area contributed by atoms with E-state index in [-0.39, 0.29) is 18.5 Å². The standard InChI is InChI=1S/C28H27N5O3/c1-3-5-26(34)36-18-20-8-10-21(11-9-20)27(35)31-23-12-7-19(2)25(16-23)33-28-30-15-13-24(32-28)22-6-4-14-29-17-22/h4,6-17H,3,5,18H2,1-2H3,(H,31,35)(H,30,32,33). The molecule has 0 saturated heterocycles. The number of rotatable bonds is 9. The van der Waals surface area contributed by atoms with Crippen LogP contribution in [0.5, 0.6) is 0 Å². The Balaban J connectivity index is 1.42. The van der Waals surface area contributed by atoms with Crippen molar-refractivity contribution >= 4 is 29.2 Å². The fourth-order valence-corrected chi connectivity index (χ4v) is 3.44. The molecular weight excluding hydrogens is 454 g/mol. The van der Waals surface area contributed by atoms with Crippen molar-refractivity contribution in [3.63, 3.8) is 0 Å². The Morgan fingerprint density at radius 1 is 1.00 bits per heavy atom. The normalized spacial score (nSPS) is 10.5. The number of hydrogen-bond donors (Lipinski definition) is 2. The lowest BCUT2D eigenvalue weighted by Crippen LogP contribution is -2.12. The highest BCUT2D eigenvalue weighted by Gasteiger charge is 2.10. The first-order valence-electron chi connectivity index (χ1n) is 11.7. The quantitative estimate of drug-likeness (QED) is 0.296. The van der Waals surface area contributed by atoms with Gasteiger partial charge in [-0.3, -0.25) is 14.6 Å². The smallest absolute Gasteiger partial charge is 0.306 e. The van der Waals surface area contributed by atoms with Crippen molar-refractivity contribution in [2.45, 2.75) is 33.3 Å². The average Bonchev–Trinajstić information content (AvgIpc) is 2.90. The summed E-state index contributed by atoms with van der Waals surface area (Å²) >= 11 is 0. The van der Waals surface area contributed by atoms with E-state index >= 15 is 0 Å². The van der Waals surface area contributed by atoms with Crippen LogP contribution in [0.4, 0.5) is 17.3 Å². The van der Waals surface area contributed by atoms with Crippen LogP contribution in [0.2, 0.25) is 0 Å². The summed E-state index contributed by atoms with van der Waals surface area (Å²) in [6.45, 7) is 4.08. The maximum Gasteiger partial charge on any atom is 0.306 e. The number of hydrogen-bond acceptors (Lipinski definition) is 7. The minimum atomic E-state index is -0.242. The number of pyridine rings is 1. The third kappa shape index (κ3) is 6.50. The van der Waals surface area contributed by atoms with E-state index in [0.29, 0.717) is 23.6 Å². The first-order valence-corrected chi connectivity index (χ1v) is 11.7. The zero-order valence-electron chi connectivity index (χ0n) is 20.2. The lowest BCUT2D eigenvalue weighted by Gasteiger charge is -2.12. The first-order chi connectivity index (χ1) is 17.5. The molecule has 0 fully saturated rings. The lowest BCUT2D eigenvalue weighted by molar-refractivity contribution is -0.144. The van der Waals surface area contributed by atoms with Gasteiger partial charge in [-0.2, -0.15) is 0 Å². The Hall–Kier alpha value is -4.59. The molecule has 4 aromatic rings. The first kappa shape index (κ1) is 24.5. The molecule has 36 heavy (non-hydrogen) atoms. The molecule has 182 valence electrons. The third-order valence-electron chi connectivity index (χ3n) is 5.42. The Bertz CT molecular complexity index is 1340. The molecule has 2 aromatic heterocycles. The van der Waals surface area contributed by atoms with E-state index in [1.165, 1.54) is 0 Å². The number of nitrogens with zero attached hydrogens (tertiary/aromatic N) is 3. The highest BCUT2D eigenvalue weighted by atomic mass is 16.5. The van der Waals surface area contributed by atoms with Crippen molar-refractivity contribution in [1.29, 1.82) is 0 Å². The molecule has 0 saturated carbocycles. The second kappa shape index (κ2) is 11.7. The van der Waals surface area contributed by atoms with E-state index in [1.807, 2.05) is 50.2 Å². The van der Waals surface area contributed by atoms with Gasteiger partial charge in [-0.25, -0.2) is 9.97 Å². The topological polar surface area (TPSA) is 106 Å². The molecule has 0 aliphatic rings. The molecular formula is C28H27N5O3. The van der Waals surface area contributed by atoms with Crippen molar-refractivity contribution in [1.82, 2.24) is 15.0 Å². The van der Waals surface area contributed by atoms with Gasteiger partial charge in [-0.1, -0.05) is 25.1 Å². The number of anilines is 3. The van der Waals surface area contributed by atoms with Crippen molar-refractivity contribution in [3.05, 3.63) is 95.9 Å². The summed E-state index contributed by atoms with van der Waals surface area (Å²) in [5.74, 6) is -0.0235. The second-order valence-electron chi connectivity index (χ2n) is 8.22. The Morgan fingerprint density at radius 2 is 1.83 bits per heavy atom. The maximum atomic E-state index is 12.8. The molecule has 8 nitrogen and oxygen atoms in total. The molecule has 0 atom stereocenters. The molecule has 0 radical (unpaired) electrons. The van der Waals surface area contributed by atoms with Crippen molar-refractivity contribution in [2.75, 3.05) is 10.6 Å². The molecule has 8 heteroatoms. The molecule has 1 amide bonds. The summed E-state index contributed by atoms with van der Waals surface area (Å²) in [6, 6.07) is 18.2. The number of benzene rings is 2. The van der Waals surface area contributed by atoms with Crippen LogP contribution < -0.4 is 10.6 Å². The van der Waals surface area contributed by atoms with E-state index in [4.69, 9.17) is 4.74 Å². The number of carbonyl (C=O) groups is 2. The van der Waals surface area contributed by atoms with Gasteiger partial charge in [0.2, 0.25) is 5.95 Å². The number of carbonyl (C=O) groups excluding carboxylic acids is 2. The van der Waals surface area contributed by atoms with Gasteiger partial charge in [-0.15, -0.1) is 0 Å². The number of amides is 1. The Kier molecular flexibility index (Phi) is 7.97. The molecule has 0 bridgehead atoms. The van der Waals surface area contributed by atoms with Gasteiger partial charge in [0.05, 0.1) is 5.69 Å². The van der Waals surface area contributed by atoms with Gasteiger partial charge >= 0.3 is 5.97 Å². The number of esters is 1. The fraction of sp³-hybridized carbons (Fsp3) is 0.179. The predicted molar refractivity (Wildman–Crippen MR) is 139 cm³/mol. The van der Waals surface area contributed by atoms with Gasteiger partial charge in [0.25, 0.3) is 5.91 Å². The molecule has 2 aromatic carbocycles. The van der Waals surface area contributed by atoms with Crippen LogP contribution in [-0.4, -0.2) is 26.8 Å². The molecule has 0 unspecified atom stereocenters. The lowest BCUT2D eigenvalue weighted by atomic mass is 10.1. The largest absolute Gasteiger partial charge is 0.461 e. The maximum absolute atomic E-state index is 12.8. The summed E-state index contributed by atoms with van der Waals surface area (Å²) in [4.78, 5) is 37.4. The molecule has 2 N–H and O–H groups in total. The van der Waals surface area contributed by atoms with Crippen LogP contribution in [0.25, 0.3) is 11.3 Å². The van der Waals surface area contributed by atoms with Crippen LogP contribution in [-0.2, 0) is 16.1 Å². The van der Waals surface area contributed by atoms with E-state index in [0.717, 1.165) is 34.5 Å². The number of aromatic nitrogens is 3. The third-order valence-corrected chi connectivity index (χ3v) is 5.42. The summed E-state index contributed by atoms with van der Waals surface area (Å²) in [5.41, 5.74) is 5.37. The van der Waals surface area contributed by atoms with Crippen molar-refractivity contribution < 1.29 is 14.3 Å². The van der Waals surface area contributed by atoms with E-state index in [1.54, 1.807) is 42.9 Å².